The maximum absolute atomic E-state index is 13.6. The van der Waals surface area contributed by atoms with Crippen molar-refractivity contribution in [2.24, 2.45) is 17.6 Å². The van der Waals surface area contributed by atoms with Gasteiger partial charge in [0, 0.05) is 19.1 Å². The van der Waals surface area contributed by atoms with Gasteiger partial charge in [-0.1, -0.05) is 0 Å². The molecule has 0 unspecified atom stereocenters. The third-order valence-electron chi connectivity index (χ3n) is 4.47. The highest BCUT2D eigenvalue weighted by Gasteiger charge is 2.43. The summed E-state index contributed by atoms with van der Waals surface area (Å²) >= 11 is 0. The normalized spacial score (nSPS) is 28.8. The van der Waals surface area contributed by atoms with Crippen LogP contribution in [0, 0.1) is 29.3 Å². The van der Waals surface area contributed by atoms with Crippen LogP contribution in [-0.4, -0.2) is 29.9 Å². The van der Waals surface area contributed by atoms with Crippen LogP contribution in [0.4, 0.5) is 13.2 Å². The standard InChI is InChI=1S/C14H15F3N2O/c15-10-3-2-8(12(16)13(10)17)14(20)19-5-7-1-4-11(18)9(7)6-19/h2-3,7,9,11H,1,4-6,18H2/t7-,9-,11+/m0/s1. The van der Waals surface area contributed by atoms with Gasteiger partial charge in [-0.2, -0.15) is 0 Å². The molecule has 2 N–H and O–H groups in total. The molecule has 108 valence electrons. The summed E-state index contributed by atoms with van der Waals surface area (Å²) in [6.45, 7) is 0.971. The molecule has 1 aromatic rings. The first kappa shape index (κ1) is 13.4. The fourth-order valence-electron chi connectivity index (χ4n) is 3.33. The van der Waals surface area contributed by atoms with E-state index in [4.69, 9.17) is 5.73 Å². The van der Waals surface area contributed by atoms with Crippen molar-refractivity contribution in [2.75, 3.05) is 13.1 Å². The maximum Gasteiger partial charge on any atom is 0.256 e. The molecule has 2 fully saturated rings. The van der Waals surface area contributed by atoms with E-state index < -0.39 is 28.9 Å². The van der Waals surface area contributed by atoms with Crippen molar-refractivity contribution >= 4 is 5.91 Å². The average Bonchev–Trinajstić information content (AvgIpc) is 2.98. The smallest absolute Gasteiger partial charge is 0.256 e. The number of likely N-dealkylation sites (tertiary alicyclic amines) is 1. The van der Waals surface area contributed by atoms with Crippen molar-refractivity contribution in [3.8, 4) is 0 Å². The summed E-state index contributed by atoms with van der Waals surface area (Å²) in [5.74, 6) is -4.35. The first-order valence-electron chi connectivity index (χ1n) is 6.67. The Labute approximate surface area is 114 Å². The summed E-state index contributed by atoms with van der Waals surface area (Å²) in [7, 11) is 0. The van der Waals surface area contributed by atoms with E-state index in [-0.39, 0.29) is 12.0 Å². The van der Waals surface area contributed by atoms with Crippen LogP contribution in [0.25, 0.3) is 0 Å². The lowest BCUT2D eigenvalue weighted by Gasteiger charge is -2.19. The van der Waals surface area contributed by atoms with Crippen LogP contribution in [0.15, 0.2) is 12.1 Å². The van der Waals surface area contributed by atoms with Gasteiger partial charge in [0.2, 0.25) is 0 Å². The Balaban J connectivity index is 1.83. The topological polar surface area (TPSA) is 46.3 Å². The molecule has 1 heterocycles. The SMILES string of the molecule is N[C@@H]1CC[C@H]2CN(C(=O)c3ccc(F)c(F)c3F)C[C@@H]21. The van der Waals surface area contributed by atoms with E-state index in [1.54, 1.807) is 0 Å². The van der Waals surface area contributed by atoms with Gasteiger partial charge in [0.15, 0.2) is 17.5 Å². The van der Waals surface area contributed by atoms with Gasteiger partial charge in [-0.25, -0.2) is 13.2 Å². The summed E-state index contributed by atoms with van der Waals surface area (Å²) in [5.41, 5.74) is 5.55. The zero-order valence-electron chi connectivity index (χ0n) is 10.8. The average molecular weight is 284 g/mol. The molecule has 0 spiro atoms. The highest BCUT2D eigenvalue weighted by atomic mass is 19.2. The maximum atomic E-state index is 13.6. The third kappa shape index (κ3) is 1.98. The van der Waals surface area contributed by atoms with E-state index in [0.717, 1.165) is 25.0 Å². The number of carbonyl (C=O) groups excluding carboxylic acids is 1. The zero-order chi connectivity index (χ0) is 14.4. The first-order chi connectivity index (χ1) is 9.49. The van der Waals surface area contributed by atoms with Crippen LogP contribution in [0.5, 0.6) is 0 Å². The number of amides is 1. The van der Waals surface area contributed by atoms with E-state index in [1.165, 1.54) is 4.90 Å². The molecule has 0 radical (unpaired) electrons. The highest BCUT2D eigenvalue weighted by Crippen LogP contribution is 2.37. The number of nitrogens with two attached hydrogens (primary N) is 1. The molecule has 1 saturated carbocycles. The number of carbonyl (C=O) groups is 1. The predicted molar refractivity (Wildman–Crippen MR) is 66.4 cm³/mol. The molecule has 1 saturated heterocycles. The summed E-state index contributed by atoms with van der Waals surface area (Å²) in [6.07, 6.45) is 1.90. The molecule has 1 aliphatic carbocycles. The zero-order valence-corrected chi connectivity index (χ0v) is 10.8. The van der Waals surface area contributed by atoms with Gasteiger partial charge >= 0.3 is 0 Å². The van der Waals surface area contributed by atoms with Crippen molar-refractivity contribution in [2.45, 2.75) is 18.9 Å². The molecule has 1 aromatic carbocycles. The van der Waals surface area contributed by atoms with Gasteiger partial charge in [0.05, 0.1) is 5.56 Å². The van der Waals surface area contributed by atoms with Crippen LogP contribution in [-0.2, 0) is 0 Å². The minimum absolute atomic E-state index is 0.0626. The number of nitrogens with zero attached hydrogens (tertiary/aromatic N) is 1. The molecule has 3 atom stereocenters. The van der Waals surface area contributed by atoms with Gasteiger partial charge in [-0.15, -0.1) is 0 Å². The Bertz CT molecular complexity index is 564. The van der Waals surface area contributed by atoms with Crippen molar-refractivity contribution < 1.29 is 18.0 Å². The second-order valence-electron chi connectivity index (χ2n) is 5.60. The first-order valence-corrected chi connectivity index (χ1v) is 6.67. The van der Waals surface area contributed by atoms with Gasteiger partial charge in [-0.3, -0.25) is 4.79 Å². The van der Waals surface area contributed by atoms with Crippen LogP contribution < -0.4 is 5.73 Å². The molecule has 6 heteroatoms. The molecule has 3 nitrogen and oxygen atoms in total. The Hall–Kier alpha value is -1.56. The number of halogens is 3. The lowest BCUT2D eigenvalue weighted by atomic mass is 9.98. The monoisotopic (exact) mass is 284 g/mol. The van der Waals surface area contributed by atoms with Crippen molar-refractivity contribution in [3.05, 3.63) is 35.1 Å². The van der Waals surface area contributed by atoms with Crippen LogP contribution >= 0.6 is 0 Å². The van der Waals surface area contributed by atoms with Crippen LogP contribution in [0.2, 0.25) is 0 Å². The summed E-state index contributed by atoms with van der Waals surface area (Å²) in [6, 6.07) is 1.82. The fraction of sp³-hybridized carbons (Fsp3) is 0.500. The van der Waals surface area contributed by atoms with Crippen LogP contribution in [0.3, 0.4) is 0 Å². The lowest BCUT2D eigenvalue weighted by molar-refractivity contribution is 0.0773. The van der Waals surface area contributed by atoms with Gasteiger partial charge in [0.1, 0.15) is 0 Å². The Kier molecular flexibility index (Phi) is 3.20. The number of hydrogen-bond donors (Lipinski definition) is 1. The quantitative estimate of drug-likeness (QED) is 0.801. The molecule has 0 bridgehead atoms. The van der Waals surface area contributed by atoms with Crippen molar-refractivity contribution in [3.63, 3.8) is 0 Å². The molecule has 1 aliphatic heterocycles. The predicted octanol–water partition coefficient (Wildman–Crippen LogP) is 1.91. The lowest BCUT2D eigenvalue weighted by Crippen LogP contribution is -2.34. The Morgan fingerprint density at radius 2 is 1.90 bits per heavy atom. The number of rotatable bonds is 1. The highest BCUT2D eigenvalue weighted by molar-refractivity contribution is 5.94. The third-order valence-corrected chi connectivity index (χ3v) is 4.47. The van der Waals surface area contributed by atoms with E-state index in [0.29, 0.717) is 19.0 Å². The molecular formula is C14H15F3N2O. The van der Waals surface area contributed by atoms with Gasteiger partial charge < -0.3 is 10.6 Å². The fourth-order valence-corrected chi connectivity index (χ4v) is 3.33. The largest absolute Gasteiger partial charge is 0.338 e. The Morgan fingerprint density at radius 1 is 1.15 bits per heavy atom. The van der Waals surface area contributed by atoms with Gasteiger partial charge in [-0.05, 0) is 36.8 Å². The van der Waals surface area contributed by atoms with E-state index in [2.05, 4.69) is 0 Å². The molecule has 1 amide bonds. The number of benzene rings is 1. The second-order valence-corrected chi connectivity index (χ2v) is 5.60. The molecule has 0 aromatic heterocycles. The summed E-state index contributed by atoms with van der Waals surface area (Å²) in [4.78, 5) is 13.7. The van der Waals surface area contributed by atoms with Crippen LogP contribution in [0.1, 0.15) is 23.2 Å². The number of fused-ring (bicyclic) bond motifs is 1. The van der Waals surface area contributed by atoms with Gasteiger partial charge in [0.25, 0.3) is 5.91 Å². The molecule has 20 heavy (non-hydrogen) atoms. The van der Waals surface area contributed by atoms with Crippen molar-refractivity contribution in [1.82, 2.24) is 4.90 Å². The minimum atomic E-state index is -1.60. The van der Waals surface area contributed by atoms with E-state index in [9.17, 15) is 18.0 Å². The van der Waals surface area contributed by atoms with Crippen molar-refractivity contribution in [1.29, 1.82) is 0 Å². The van der Waals surface area contributed by atoms with E-state index in [1.807, 2.05) is 0 Å². The van der Waals surface area contributed by atoms with E-state index >= 15 is 0 Å². The summed E-state index contributed by atoms with van der Waals surface area (Å²) in [5, 5.41) is 0. The minimum Gasteiger partial charge on any atom is -0.338 e. The molecular weight excluding hydrogens is 269 g/mol. The molecule has 3 rings (SSSR count). The Morgan fingerprint density at radius 3 is 2.60 bits per heavy atom. The molecule has 2 aliphatic rings. The second kappa shape index (κ2) is 4.77. The summed E-state index contributed by atoms with van der Waals surface area (Å²) < 4.78 is 39.7. The number of hydrogen-bond acceptors (Lipinski definition) is 2.